The van der Waals surface area contributed by atoms with Crippen LogP contribution in [0.4, 0.5) is 14.5 Å². The summed E-state index contributed by atoms with van der Waals surface area (Å²) < 4.78 is 28.6. The van der Waals surface area contributed by atoms with Crippen LogP contribution in [0, 0.1) is 11.6 Å². The summed E-state index contributed by atoms with van der Waals surface area (Å²) in [7, 11) is 0. The molecule has 4 rings (SSSR count). The Balaban J connectivity index is 1.42. The van der Waals surface area contributed by atoms with E-state index in [0.29, 0.717) is 23.4 Å². The molecule has 2 N–H and O–H groups in total. The van der Waals surface area contributed by atoms with Crippen molar-refractivity contribution in [2.24, 2.45) is 0 Å². The van der Waals surface area contributed by atoms with Crippen molar-refractivity contribution >= 4 is 11.6 Å². The number of pyridine rings is 2. The quantitative estimate of drug-likeness (QED) is 0.499. The summed E-state index contributed by atoms with van der Waals surface area (Å²) in [6.07, 6.45) is 6.69. The Morgan fingerprint density at radius 3 is 2.55 bits per heavy atom. The lowest BCUT2D eigenvalue weighted by atomic mass is 10.1. The lowest BCUT2D eigenvalue weighted by molar-refractivity contribution is -0.116. The lowest BCUT2D eigenvalue weighted by Crippen LogP contribution is -2.17. The van der Waals surface area contributed by atoms with Crippen LogP contribution in [0.15, 0.2) is 72.0 Å². The fourth-order valence-corrected chi connectivity index (χ4v) is 3.04. The molecule has 0 spiro atoms. The molecule has 1 aromatic carbocycles. The van der Waals surface area contributed by atoms with Gasteiger partial charge in [-0.05, 0) is 36.2 Å². The van der Waals surface area contributed by atoms with E-state index in [0.717, 1.165) is 17.7 Å². The smallest absolute Gasteiger partial charge is 0.280 e. The molecule has 3 aromatic heterocycles. The predicted molar refractivity (Wildman–Crippen MR) is 111 cm³/mol. The number of aryl methyl sites for hydroxylation is 1. The molecule has 0 aliphatic carbocycles. The molecule has 4 aromatic rings. The summed E-state index contributed by atoms with van der Waals surface area (Å²) >= 11 is 0. The molecule has 0 bridgehead atoms. The van der Waals surface area contributed by atoms with Crippen LogP contribution in [0.3, 0.4) is 0 Å². The molecular formula is C22H17F2N5O2. The Hall–Kier alpha value is -4.14. The first-order valence-corrected chi connectivity index (χ1v) is 9.43. The first-order chi connectivity index (χ1) is 15.0. The highest BCUT2D eigenvalue weighted by molar-refractivity contribution is 5.91. The van der Waals surface area contributed by atoms with Crippen LogP contribution in [0.2, 0.25) is 0 Å². The highest BCUT2D eigenvalue weighted by Gasteiger charge is 2.13. The maximum Gasteiger partial charge on any atom is 0.280 e. The summed E-state index contributed by atoms with van der Waals surface area (Å²) in [6.45, 7) is 0. The summed E-state index contributed by atoms with van der Waals surface area (Å²) in [4.78, 5) is 33.0. The van der Waals surface area contributed by atoms with E-state index in [-0.39, 0.29) is 12.0 Å². The number of hydrogen-bond donors (Lipinski definition) is 2. The molecule has 31 heavy (non-hydrogen) atoms. The van der Waals surface area contributed by atoms with Gasteiger partial charge >= 0.3 is 0 Å². The fraction of sp³-hybridized carbons (Fsp3) is 0.0909. The fourth-order valence-electron chi connectivity index (χ4n) is 3.04. The van der Waals surface area contributed by atoms with Crippen molar-refractivity contribution in [3.05, 3.63) is 94.8 Å². The minimum atomic E-state index is -0.832. The van der Waals surface area contributed by atoms with E-state index in [1.807, 2.05) is 0 Å². The third-order valence-corrected chi connectivity index (χ3v) is 4.65. The van der Waals surface area contributed by atoms with Gasteiger partial charge in [-0.25, -0.2) is 18.4 Å². The number of hydrogen-bond acceptors (Lipinski definition) is 4. The van der Waals surface area contributed by atoms with Crippen molar-refractivity contribution in [1.82, 2.24) is 19.7 Å². The van der Waals surface area contributed by atoms with Crippen LogP contribution in [0.5, 0.6) is 0 Å². The van der Waals surface area contributed by atoms with Crippen molar-refractivity contribution in [3.63, 3.8) is 0 Å². The second-order valence-corrected chi connectivity index (χ2v) is 6.74. The Morgan fingerprint density at radius 1 is 1.06 bits per heavy atom. The van der Waals surface area contributed by atoms with Crippen LogP contribution in [-0.4, -0.2) is 25.7 Å². The maximum absolute atomic E-state index is 13.6. The van der Waals surface area contributed by atoms with Crippen LogP contribution in [0.25, 0.3) is 16.9 Å². The summed E-state index contributed by atoms with van der Waals surface area (Å²) in [5, 5.41) is 5.12. The van der Waals surface area contributed by atoms with Crippen molar-refractivity contribution < 1.29 is 13.6 Å². The number of aromatic nitrogens is 4. The molecule has 0 atom stereocenters. The molecule has 0 radical (unpaired) electrons. The number of halogens is 2. The van der Waals surface area contributed by atoms with Gasteiger partial charge in [0.05, 0.1) is 5.56 Å². The van der Waals surface area contributed by atoms with Gasteiger partial charge in [-0.15, -0.1) is 0 Å². The van der Waals surface area contributed by atoms with E-state index < -0.39 is 23.2 Å². The van der Waals surface area contributed by atoms with Crippen molar-refractivity contribution in [2.45, 2.75) is 12.8 Å². The minimum absolute atomic E-state index is 0.0163. The van der Waals surface area contributed by atoms with Gasteiger partial charge in [0.2, 0.25) is 5.91 Å². The number of aromatic amines is 1. The van der Waals surface area contributed by atoms with E-state index in [9.17, 15) is 18.4 Å². The van der Waals surface area contributed by atoms with E-state index >= 15 is 0 Å². The first kappa shape index (κ1) is 20.1. The third kappa shape index (κ3) is 4.40. The first-order valence-electron chi connectivity index (χ1n) is 9.43. The van der Waals surface area contributed by atoms with E-state index in [1.165, 1.54) is 10.7 Å². The highest BCUT2D eigenvalue weighted by atomic mass is 19.1. The Labute approximate surface area is 175 Å². The van der Waals surface area contributed by atoms with Crippen LogP contribution in [-0.2, 0) is 11.2 Å². The van der Waals surface area contributed by atoms with Gasteiger partial charge in [0.15, 0.2) is 5.82 Å². The largest absolute Gasteiger partial charge is 0.321 e. The van der Waals surface area contributed by atoms with Gasteiger partial charge in [0.25, 0.3) is 5.56 Å². The standard InChI is InChI=1S/C22H17F2N5O2/c23-17-4-1-5-18(24)21(17)28-20(30)9-7-14-6-8-19(26-11-14)29-22(31)16(13-27-29)15-3-2-10-25-12-15/h1-6,8,10-13,27H,7,9H2,(H,28,30). The van der Waals surface area contributed by atoms with Gasteiger partial charge in [-0.2, -0.15) is 0 Å². The zero-order valence-electron chi connectivity index (χ0n) is 16.2. The zero-order chi connectivity index (χ0) is 21.8. The van der Waals surface area contributed by atoms with Gasteiger partial charge < -0.3 is 5.32 Å². The van der Waals surface area contributed by atoms with E-state index in [2.05, 4.69) is 20.4 Å². The molecule has 0 unspecified atom stereocenters. The molecular weight excluding hydrogens is 404 g/mol. The highest BCUT2D eigenvalue weighted by Crippen LogP contribution is 2.18. The van der Waals surface area contributed by atoms with Gasteiger partial charge in [0.1, 0.15) is 17.3 Å². The number of anilines is 1. The average molecular weight is 421 g/mol. The van der Waals surface area contributed by atoms with Gasteiger partial charge in [-0.1, -0.05) is 18.2 Å². The van der Waals surface area contributed by atoms with Crippen LogP contribution in [0.1, 0.15) is 12.0 Å². The van der Waals surface area contributed by atoms with Crippen molar-refractivity contribution in [3.8, 4) is 16.9 Å². The number of nitrogens with zero attached hydrogens (tertiary/aromatic N) is 3. The Bertz CT molecular complexity index is 1250. The topological polar surface area (TPSA) is 92.7 Å². The SMILES string of the molecule is O=C(CCc1ccc(-n2[nH]cc(-c3cccnc3)c2=O)nc1)Nc1c(F)cccc1F. The monoisotopic (exact) mass is 421 g/mol. The minimum Gasteiger partial charge on any atom is -0.321 e. The number of nitrogens with one attached hydrogen (secondary N) is 2. The molecule has 3 heterocycles. The summed E-state index contributed by atoms with van der Waals surface area (Å²) in [6, 6.07) is 10.3. The number of rotatable bonds is 6. The Kier molecular flexibility index (Phi) is 5.65. The molecule has 1 amide bonds. The molecule has 0 saturated carbocycles. The van der Waals surface area contributed by atoms with E-state index in [1.54, 1.807) is 49.1 Å². The molecule has 0 aliphatic rings. The average Bonchev–Trinajstić information content (AvgIpc) is 3.17. The normalized spacial score (nSPS) is 10.8. The molecule has 0 saturated heterocycles. The number of amides is 1. The number of carbonyl (C=O) groups is 1. The molecule has 9 heteroatoms. The maximum atomic E-state index is 13.6. The molecule has 0 fully saturated rings. The van der Waals surface area contributed by atoms with Crippen LogP contribution >= 0.6 is 0 Å². The summed E-state index contributed by atoms with van der Waals surface area (Å²) in [5.74, 6) is -1.79. The number of para-hydroxylation sites is 1. The Morgan fingerprint density at radius 2 is 1.87 bits per heavy atom. The second kappa shape index (κ2) is 8.70. The van der Waals surface area contributed by atoms with Crippen LogP contribution < -0.4 is 10.9 Å². The zero-order valence-corrected chi connectivity index (χ0v) is 16.2. The second-order valence-electron chi connectivity index (χ2n) is 6.74. The molecule has 156 valence electrons. The third-order valence-electron chi connectivity index (χ3n) is 4.65. The number of benzene rings is 1. The van der Waals surface area contributed by atoms with E-state index in [4.69, 9.17) is 0 Å². The lowest BCUT2D eigenvalue weighted by Gasteiger charge is -2.08. The molecule has 7 nitrogen and oxygen atoms in total. The number of carbonyl (C=O) groups excluding carboxylic acids is 1. The van der Waals surface area contributed by atoms with Gasteiger partial charge in [0, 0.05) is 36.8 Å². The predicted octanol–water partition coefficient (Wildman–Crippen LogP) is 3.47. The van der Waals surface area contributed by atoms with Crippen molar-refractivity contribution in [2.75, 3.05) is 5.32 Å². The van der Waals surface area contributed by atoms with Gasteiger partial charge in [-0.3, -0.25) is 19.7 Å². The van der Waals surface area contributed by atoms with Crippen molar-refractivity contribution in [1.29, 1.82) is 0 Å². The number of H-pyrrole nitrogens is 1. The molecule has 0 aliphatic heterocycles. The summed E-state index contributed by atoms with van der Waals surface area (Å²) in [5.41, 5.74) is 1.17.